The maximum absolute atomic E-state index is 13.9. The van der Waals surface area contributed by atoms with Crippen molar-refractivity contribution < 1.29 is 13.9 Å². The van der Waals surface area contributed by atoms with Gasteiger partial charge in [0.05, 0.1) is 5.60 Å². The fourth-order valence-corrected chi connectivity index (χ4v) is 2.39. The van der Waals surface area contributed by atoms with Crippen molar-refractivity contribution in [3.8, 4) is 0 Å². The Balaban J connectivity index is 2.49. The molecule has 1 aliphatic heterocycles. The SMILES string of the molecule is Cc1ccc(C2(O)CCNCC2C)c(F)c1F. The second-order valence-electron chi connectivity index (χ2n) is 4.84. The van der Waals surface area contributed by atoms with Gasteiger partial charge in [0.15, 0.2) is 11.6 Å². The van der Waals surface area contributed by atoms with Crippen LogP contribution in [0, 0.1) is 24.5 Å². The average molecular weight is 241 g/mol. The minimum absolute atomic E-state index is 0.0783. The fourth-order valence-electron chi connectivity index (χ4n) is 2.39. The summed E-state index contributed by atoms with van der Waals surface area (Å²) in [5.41, 5.74) is -0.935. The summed E-state index contributed by atoms with van der Waals surface area (Å²) in [6, 6.07) is 3.01. The third-order valence-electron chi connectivity index (χ3n) is 3.69. The number of halogens is 2. The van der Waals surface area contributed by atoms with Crippen LogP contribution in [0.25, 0.3) is 0 Å². The quantitative estimate of drug-likeness (QED) is 0.789. The third kappa shape index (κ3) is 1.96. The standard InChI is InChI=1S/C13H17F2NO/c1-8-3-4-10(12(15)11(8)14)13(17)5-6-16-7-9(13)2/h3-4,9,16-17H,5-7H2,1-2H3. The monoisotopic (exact) mass is 241 g/mol. The summed E-state index contributed by atoms with van der Waals surface area (Å²) in [6.45, 7) is 4.56. The zero-order chi connectivity index (χ0) is 12.6. The predicted molar refractivity (Wildman–Crippen MR) is 61.6 cm³/mol. The molecule has 2 rings (SSSR count). The number of hydrogen-bond donors (Lipinski definition) is 2. The van der Waals surface area contributed by atoms with Crippen LogP contribution >= 0.6 is 0 Å². The van der Waals surface area contributed by atoms with Crippen molar-refractivity contribution in [2.75, 3.05) is 13.1 Å². The van der Waals surface area contributed by atoms with Gasteiger partial charge in [0.25, 0.3) is 0 Å². The van der Waals surface area contributed by atoms with E-state index in [9.17, 15) is 13.9 Å². The third-order valence-corrected chi connectivity index (χ3v) is 3.69. The molecule has 4 heteroatoms. The van der Waals surface area contributed by atoms with Crippen molar-refractivity contribution in [1.82, 2.24) is 5.32 Å². The summed E-state index contributed by atoms with van der Waals surface area (Å²) in [4.78, 5) is 0. The van der Waals surface area contributed by atoms with Gasteiger partial charge >= 0.3 is 0 Å². The second kappa shape index (κ2) is 4.35. The molecule has 1 aromatic rings. The number of piperidine rings is 1. The molecule has 94 valence electrons. The van der Waals surface area contributed by atoms with Crippen LogP contribution in [0.15, 0.2) is 12.1 Å². The number of benzene rings is 1. The van der Waals surface area contributed by atoms with Crippen LogP contribution in [0.4, 0.5) is 8.78 Å². The first-order valence-corrected chi connectivity index (χ1v) is 5.85. The molecule has 1 aromatic carbocycles. The maximum atomic E-state index is 13.9. The molecular formula is C13H17F2NO. The summed E-state index contributed by atoms with van der Waals surface area (Å²) >= 11 is 0. The molecule has 17 heavy (non-hydrogen) atoms. The highest BCUT2D eigenvalue weighted by Gasteiger charge is 2.40. The minimum Gasteiger partial charge on any atom is -0.385 e. The molecule has 2 N–H and O–H groups in total. The highest BCUT2D eigenvalue weighted by atomic mass is 19.2. The first kappa shape index (κ1) is 12.5. The van der Waals surface area contributed by atoms with E-state index in [-0.39, 0.29) is 17.0 Å². The lowest BCUT2D eigenvalue weighted by Gasteiger charge is -2.39. The van der Waals surface area contributed by atoms with Gasteiger partial charge in [0.1, 0.15) is 0 Å². The number of nitrogens with one attached hydrogen (secondary N) is 1. The Kier molecular flexibility index (Phi) is 3.19. The molecule has 0 saturated carbocycles. The van der Waals surface area contributed by atoms with Crippen molar-refractivity contribution in [1.29, 1.82) is 0 Å². The molecule has 0 aromatic heterocycles. The molecule has 2 unspecified atom stereocenters. The molecular weight excluding hydrogens is 224 g/mol. The summed E-state index contributed by atoms with van der Waals surface area (Å²) < 4.78 is 27.5. The van der Waals surface area contributed by atoms with Crippen LogP contribution in [0.2, 0.25) is 0 Å². The van der Waals surface area contributed by atoms with Gasteiger partial charge < -0.3 is 10.4 Å². The van der Waals surface area contributed by atoms with E-state index in [4.69, 9.17) is 0 Å². The lowest BCUT2D eigenvalue weighted by molar-refractivity contribution is -0.0424. The Bertz CT molecular complexity index is 436. The number of aliphatic hydroxyl groups is 1. The zero-order valence-corrected chi connectivity index (χ0v) is 10.1. The fraction of sp³-hybridized carbons (Fsp3) is 0.538. The largest absolute Gasteiger partial charge is 0.385 e. The molecule has 0 spiro atoms. The van der Waals surface area contributed by atoms with Crippen molar-refractivity contribution in [3.63, 3.8) is 0 Å². The molecule has 0 bridgehead atoms. The van der Waals surface area contributed by atoms with E-state index in [0.29, 0.717) is 19.5 Å². The van der Waals surface area contributed by atoms with E-state index in [1.165, 1.54) is 19.1 Å². The normalized spacial score (nSPS) is 29.4. The van der Waals surface area contributed by atoms with Crippen molar-refractivity contribution in [2.24, 2.45) is 5.92 Å². The number of aryl methyl sites for hydroxylation is 1. The Morgan fingerprint density at radius 3 is 2.71 bits per heavy atom. The number of hydrogen-bond acceptors (Lipinski definition) is 2. The van der Waals surface area contributed by atoms with E-state index in [2.05, 4.69) is 5.32 Å². The van der Waals surface area contributed by atoms with Gasteiger partial charge in [-0.25, -0.2) is 8.78 Å². The molecule has 1 fully saturated rings. The summed E-state index contributed by atoms with van der Waals surface area (Å²) in [6.07, 6.45) is 0.396. The zero-order valence-electron chi connectivity index (χ0n) is 10.1. The van der Waals surface area contributed by atoms with Gasteiger partial charge in [-0.2, -0.15) is 0 Å². The van der Waals surface area contributed by atoms with Gasteiger partial charge in [0.2, 0.25) is 0 Å². The molecule has 0 aliphatic carbocycles. The maximum Gasteiger partial charge on any atom is 0.165 e. The van der Waals surface area contributed by atoms with E-state index in [0.717, 1.165) is 0 Å². The van der Waals surface area contributed by atoms with Crippen LogP contribution in [0.5, 0.6) is 0 Å². The van der Waals surface area contributed by atoms with Crippen LogP contribution in [-0.4, -0.2) is 18.2 Å². The van der Waals surface area contributed by atoms with Gasteiger partial charge in [0, 0.05) is 18.0 Å². The van der Waals surface area contributed by atoms with Crippen LogP contribution < -0.4 is 5.32 Å². The lowest BCUT2D eigenvalue weighted by atomic mass is 9.77. The van der Waals surface area contributed by atoms with E-state index in [1.807, 2.05) is 6.92 Å². The van der Waals surface area contributed by atoms with Gasteiger partial charge in [-0.1, -0.05) is 19.1 Å². The Morgan fingerprint density at radius 2 is 2.06 bits per heavy atom. The molecule has 2 nitrogen and oxygen atoms in total. The molecule has 2 atom stereocenters. The first-order chi connectivity index (χ1) is 7.97. The Morgan fingerprint density at radius 1 is 1.35 bits per heavy atom. The molecule has 1 heterocycles. The molecule has 1 aliphatic rings. The van der Waals surface area contributed by atoms with Crippen LogP contribution in [0.3, 0.4) is 0 Å². The molecule has 1 saturated heterocycles. The Hall–Kier alpha value is -1.00. The summed E-state index contributed by atoms with van der Waals surface area (Å²) in [7, 11) is 0. The number of rotatable bonds is 1. The molecule has 0 amide bonds. The van der Waals surface area contributed by atoms with Gasteiger partial charge in [-0.15, -0.1) is 0 Å². The van der Waals surface area contributed by atoms with E-state index >= 15 is 0 Å². The second-order valence-corrected chi connectivity index (χ2v) is 4.84. The Labute approximate surface area is 99.7 Å². The van der Waals surface area contributed by atoms with Gasteiger partial charge in [-0.05, 0) is 25.5 Å². The van der Waals surface area contributed by atoms with Crippen molar-refractivity contribution in [2.45, 2.75) is 25.9 Å². The summed E-state index contributed by atoms with van der Waals surface area (Å²) in [5, 5.41) is 13.7. The van der Waals surface area contributed by atoms with Crippen LogP contribution in [0.1, 0.15) is 24.5 Å². The first-order valence-electron chi connectivity index (χ1n) is 5.85. The summed E-state index contributed by atoms with van der Waals surface area (Å²) in [5.74, 6) is -1.92. The lowest BCUT2D eigenvalue weighted by Crippen LogP contribution is -2.47. The van der Waals surface area contributed by atoms with Gasteiger partial charge in [-0.3, -0.25) is 0 Å². The van der Waals surface area contributed by atoms with E-state index < -0.39 is 17.2 Å². The van der Waals surface area contributed by atoms with Crippen molar-refractivity contribution in [3.05, 3.63) is 34.9 Å². The van der Waals surface area contributed by atoms with E-state index in [1.54, 1.807) is 0 Å². The minimum atomic E-state index is -1.27. The highest BCUT2D eigenvalue weighted by molar-refractivity contribution is 5.31. The smallest absolute Gasteiger partial charge is 0.165 e. The predicted octanol–water partition coefficient (Wildman–Crippen LogP) is 2.09. The molecule has 0 radical (unpaired) electrons. The van der Waals surface area contributed by atoms with Crippen molar-refractivity contribution >= 4 is 0 Å². The topological polar surface area (TPSA) is 32.3 Å². The van der Waals surface area contributed by atoms with Crippen LogP contribution in [-0.2, 0) is 5.60 Å². The highest BCUT2D eigenvalue weighted by Crippen LogP contribution is 2.37. The average Bonchev–Trinajstić information content (AvgIpc) is 2.30.